The van der Waals surface area contributed by atoms with Gasteiger partial charge in [0.1, 0.15) is 5.82 Å². The van der Waals surface area contributed by atoms with Crippen molar-refractivity contribution in [3.05, 3.63) is 194 Å². The van der Waals surface area contributed by atoms with Gasteiger partial charge in [-0.15, -0.1) is 0 Å². The minimum absolute atomic E-state index is 0.0579. The van der Waals surface area contributed by atoms with Crippen LogP contribution in [-0.2, 0) is 0 Å². The molecule has 236 valence electrons. The highest BCUT2D eigenvalue weighted by Gasteiger charge is 2.35. The van der Waals surface area contributed by atoms with Crippen LogP contribution in [0.1, 0.15) is 11.5 Å². The van der Waals surface area contributed by atoms with Gasteiger partial charge in [-0.25, -0.2) is 4.98 Å². The van der Waals surface area contributed by atoms with Crippen LogP contribution in [0.25, 0.3) is 60.9 Å². The summed E-state index contributed by atoms with van der Waals surface area (Å²) in [6, 6.07) is 57.2. The van der Waals surface area contributed by atoms with E-state index in [9.17, 15) is 0 Å². The lowest BCUT2D eigenvalue weighted by Gasteiger charge is -2.35. The lowest BCUT2D eigenvalue weighted by Crippen LogP contribution is -2.35. The first-order valence-electron chi connectivity index (χ1n) is 17.3. The summed E-state index contributed by atoms with van der Waals surface area (Å²) in [4.78, 5) is 7.43. The van der Waals surface area contributed by atoms with Crippen LogP contribution in [0.15, 0.2) is 188 Å². The normalized spacial score (nSPS) is 16.2. The molecule has 8 aromatic rings. The summed E-state index contributed by atoms with van der Waals surface area (Å²) in [5.41, 5.74) is 13.4. The number of allylic oxidation sites excluding steroid dienone is 2. The first kappa shape index (κ1) is 28.6. The summed E-state index contributed by atoms with van der Waals surface area (Å²) in [6.45, 7) is 0. The molecule has 2 aromatic heterocycles. The molecule has 2 atom stereocenters. The number of benzene rings is 6. The van der Waals surface area contributed by atoms with Crippen molar-refractivity contribution in [1.82, 2.24) is 9.55 Å². The van der Waals surface area contributed by atoms with Gasteiger partial charge in [0.25, 0.3) is 0 Å². The van der Waals surface area contributed by atoms with Gasteiger partial charge in [0.2, 0.25) is 0 Å². The third kappa shape index (κ3) is 4.55. The van der Waals surface area contributed by atoms with Gasteiger partial charge in [-0.05, 0) is 88.0 Å². The Morgan fingerprint density at radius 1 is 0.480 bits per heavy atom. The fraction of sp³-hybridized carbons (Fsp3) is 0.0426. The number of rotatable bonds is 4. The SMILES string of the molecule is C1=CC2c3cc(-c4ccc5c(c4)c4ccccc4n5-c4ccccc4)ccc3-c3ccccc3N(c3cc(-c4ccccc4)ccn3)C2C=C1. The molecule has 0 saturated carbocycles. The fourth-order valence-electron chi connectivity index (χ4n) is 8.11. The summed E-state index contributed by atoms with van der Waals surface area (Å²) < 4.78 is 2.38. The van der Waals surface area contributed by atoms with E-state index in [-0.39, 0.29) is 12.0 Å². The topological polar surface area (TPSA) is 21.1 Å². The maximum Gasteiger partial charge on any atom is 0.134 e. The Bertz CT molecular complexity index is 2610. The number of fused-ring (bicyclic) bond motifs is 8. The van der Waals surface area contributed by atoms with Crippen LogP contribution in [0.4, 0.5) is 11.5 Å². The molecule has 0 bridgehead atoms. The van der Waals surface area contributed by atoms with Crippen LogP contribution >= 0.6 is 0 Å². The Hall–Kier alpha value is -6.45. The standard InChI is InChI=1S/C47H33N3/c1-3-13-32(14-4-1)35-27-28-48-47(31-35)50-44-21-11-7-17-38(44)37-25-23-33(29-41(37)39-18-8-12-22-45(39)50)34-24-26-46-42(30-34)40-19-9-10-20-43(40)49(46)36-15-5-2-6-16-36/h1-31,39,45H. The van der Waals surface area contributed by atoms with Crippen LogP contribution in [0.3, 0.4) is 0 Å². The zero-order chi connectivity index (χ0) is 33.0. The summed E-state index contributed by atoms with van der Waals surface area (Å²) >= 11 is 0. The molecule has 3 heterocycles. The van der Waals surface area contributed by atoms with Gasteiger partial charge in [-0.2, -0.15) is 0 Å². The van der Waals surface area contributed by atoms with Gasteiger partial charge in [0.05, 0.1) is 22.8 Å². The molecule has 1 aliphatic heterocycles. The lowest BCUT2D eigenvalue weighted by atomic mass is 9.83. The second-order valence-corrected chi connectivity index (χ2v) is 13.2. The zero-order valence-corrected chi connectivity index (χ0v) is 27.4. The van der Waals surface area contributed by atoms with E-state index < -0.39 is 0 Å². The van der Waals surface area contributed by atoms with Crippen molar-refractivity contribution in [2.75, 3.05) is 4.90 Å². The Morgan fingerprint density at radius 3 is 2.08 bits per heavy atom. The molecule has 6 aromatic carbocycles. The predicted octanol–water partition coefficient (Wildman–Crippen LogP) is 11.9. The highest BCUT2D eigenvalue weighted by Crippen LogP contribution is 2.49. The molecular weight excluding hydrogens is 607 g/mol. The van der Waals surface area contributed by atoms with E-state index in [0.717, 1.165) is 11.4 Å². The Morgan fingerprint density at radius 2 is 1.18 bits per heavy atom. The van der Waals surface area contributed by atoms with Gasteiger partial charge in [-0.1, -0.05) is 127 Å². The lowest BCUT2D eigenvalue weighted by molar-refractivity contribution is 0.692. The van der Waals surface area contributed by atoms with Gasteiger partial charge < -0.3 is 9.47 Å². The molecule has 0 radical (unpaired) electrons. The van der Waals surface area contributed by atoms with E-state index in [1.807, 2.05) is 6.20 Å². The minimum atomic E-state index is 0.0579. The molecule has 50 heavy (non-hydrogen) atoms. The molecule has 0 fully saturated rings. The summed E-state index contributed by atoms with van der Waals surface area (Å²) in [6.07, 6.45) is 11.0. The predicted molar refractivity (Wildman–Crippen MR) is 208 cm³/mol. The first-order valence-corrected chi connectivity index (χ1v) is 17.3. The highest BCUT2D eigenvalue weighted by atomic mass is 15.2. The van der Waals surface area contributed by atoms with Crippen molar-refractivity contribution in [2.45, 2.75) is 12.0 Å². The molecule has 1 aliphatic carbocycles. The Labute approximate surface area is 291 Å². The fourth-order valence-corrected chi connectivity index (χ4v) is 8.11. The molecular formula is C47H33N3. The maximum atomic E-state index is 4.99. The third-order valence-corrected chi connectivity index (χ3v) is 10.4. The summed E-state index contributed by atoms with van der Waals surface area (Å²) in [5.74, 6) is 1.08. The average molecular weight is 640 g/mol. The van der Waals surface area contributed by atoms with Crippen LogP contribution in [0, 0.1) is 0 Å². The van der Waals surface area contributed by atoms with Gasteiger partial charge >= 0.3 is 0 Å². The van der Waals surface area contributed by atoms with Crippen molar-refractivity contribution in [3.63, 3.8) is 0 Å². The van der Waals surface area contributed by atoms with Crippen LogP contribution in [-0.4, -0.2) is 15.6 Å². The third-order valence-electron chi connectivity index (χ3n) is 10.4. The second kappa shape index (κ2) is 11.6. The van der Waals surface area contributed by atoms with E-state index in [1.54, 1.807) is 0 Å². The van der Waals surface area contributed by atoms with E-state index in [1.165, 1.54) is 66.6 Å². The average Bonchev–Trinajstić information content (AvgIpc) is 3.46. The molecule has 2 aliphatic rings. The van der Waals surface area contributed by atoms with Crippen molar-refractivity contribution < 1.29 is 0 Å². The minimum Gasteiger partial charge on any atom is -0.318 e. The van der Waals surface area contributed by atoms with Crippen LogP contribution in [0.2, 0.25) is 0 Å². The number of hydrogen-bond acceptors (Lipinski definition) is 2. The summed E-state index contributed by atoms with van der Waals surface area (Å²) in [5, 5.41) is 2.52. The number of anilines is 2. The van der Waals surface area contributed by atoms with Gasteiger partial charge in [-0.3, -0.25) is 0 Å². The smallest absolute Gasteiger partial charge is 0.134 e. The molecule has 0 saturated heterocycles. The van der Waals surface area contributed by atoms with Gasteiger partial charge in [0.15, 0.2) is 0 Å². The van der Waals surface area contributed by atoms with Crippen molar-refractivity contribution in [1.29, 1.82) is 0 Å². The van der Waals surface area contributed by atoms with Crippen molar-refractivity contribution >= 4 is 33.3 Å². The molecule has 2 unspecified atom stereocenters. The molecule has 0 N–H and O–H groups in total. The largest absolute Gasteiger partial charge is 0.318 e. The monoisotopic (exact) mass is 639 g/mol. The number of nitrogens with zero attached hydrogens (tertiary/aromatic N) is 3. The van der Waals surface area contributed by atoms with Gasteiger partial charge in [0, 0.05) is 34.1 Å². The van der Waals surface area contributed by atoms with Crippen LogP contribution < -0.4 is 4.90 Å². The molecule has 10 rings (SSSR count). The zero-order valence-electron chi connectivity index (χ0n) is 27.4. The maximum absolute atomic E-state index is 4.99. The van der Waals surface area contributed by atoms with Crippen LogP contribution in [0.5, 0.6) is 0 Å². The van der Waals surface area contributed by atoms with E-state index in [2.05, 4.69) is 191 Å². The number of aromatic nitrogens is 2. The molecule has 0 spiro atoms. The molecule has 3 nitrogen and oxygen atoms in total. The van der Waals surface area contributed by atoms with E-state index >= 15 is 0 Å². The Balaban J connectivity index is 1.13. The number of para-hydroxylation sites is 3. The summed E-state index contributed by atoms with van der Waals surface area (Å²) in [7, 11) is 0. The highest BCUT2D eigenvalue weighted by molar-refractivity contribution is 6.10. The second-order valence-electron chi connectivity index (χ2n) is 13.2. The number of pyridine rings is 1. The molecule has 0 amide bonds. The quantitative estimate of drug-likeness (QED) is 0.191. The first-order chi connectivity index (χ1) is 24.8. The van der Waals surface area contributed by atoms with E-state index in [4.69, 9.17) is 4.98 Å². The Kier molecular flexibility index (Phi) is 6.63. The molecule has 3 heteroatoms. The van der Waals surface area contributed by atoms with Crippen molar-refractivity contribution in [3.8, 4) is 39.1 Å². The van der Waals surface area contributed by atoms with E-state index in [0.29, 0.717) is 0 Å². The number of hydrogen-bond donors (Lipinski definition) is 0. The van der Waals surface area contributed by atoms with Crippen molar-refractivity contribution in [2.24, 2.45) is 0 Å².